The number of urea groups is 1. The van der Waals surface area contributed by atoms with Crippen LogP contribution in [0.25, 0.3) is 0 Å². The highest BCUT2D eigenvalue weighted by molar-refractivity contribution is 5.79. The zero-order valence-corrected chi connectivity index (χ0v) is 14.3. The number of hydrogen-bond acceptors (Lipinski definition) is 2. The van der Waals surface area contributed by atoms with Gasteiger partial charge in [-0.2, -0.15) is 0 Å². The van der Waals surface area contributed by atoms with Gasteiger partial charge >= 0.3 is 12.0 Å². The predicted octanol–water partition coefficient (Wildman–Crippen LogP) is 2.91. The van der Waals surface area contributed by atoms with E-state index in [-0.39, 0.29) is 11.4 Å². The quantitative estimate of drug-likeness (QED) is 0.872. The summed E-state index contributed by atoms with van der Waals surface area (Å²) in [5.41, 5.74) is 0.661. The van der Waals surface area contributed by atoms with E-state index < -0.39 is 11.4 Å². The van der Waals surface area contributed by atoms with Gasteiger partial charge in [-0.15, -0.1) is 0 Å². The van der Waals surface area contributed by atoms with Crippen molar-refractivity contribution in [2.24, 2.45) is 10.8 Å². The Bertz CT molecular complexity index is 612. The first-order chi connectivity index (χ1) is 11.4. The molecule has 2 aliphatic rings. The van der Waals surface area contributed by atoms with Crippen LogP contribution in [0.4, 0.5) is 4.79 Å². The van der Waals surface area contributed by atoms with Crippen LogP contribution in [-0.2, 0) is 11.2 Å². The van der Waals surface area contributed by atoms with Gasteiger partial charge in [-0.1, -0.05) is 36.8 Å². The van der Waals surface area contributed by atoms with Crippen LogP contribution in [0.3, 0.4) is 0 Å². The third-order valence-electron chi connectivity index (χ3n) is 5.73. The molecule has 0 aromatic heterocycles. The SMILES string of the molecule is CC1(C(=O)O)CCN(C(=O)NCC2(Cc3ccccc3)CCC2)C1. The number of carbonyl (C=O) groups is 2. The molecule has 1 heterocycles. The van der Waals surface area contributed by atoms with Gasteiger partial charge in [0.25, 0.3) is 0 Å². The molecular formula is C19H26N2O3. The number of aliphatic carboxylic acids is 1. The van der Waals surface area contributed by atoms with Crippen molar-refractivity contribution < 1.29 is 14.7 Å². The number of nitrogens with zero attached hydrogens (tertiary/aromatic N) is 1. The molecule has 1 aliphatic heterocycles. The van der Waals surface area contributed by atoms with Crippen molar-refractivity contribution in [3.63, 3.8) is 0 Å². The highest BCUT2D eigenvalue weighted by Gasteiger charge is 2.43. The smallest absolute Gasteiger partial charge is 0.317 e. The van der Waals surface area contributed by atoms with Gasteiger partial charge in [-0.3, -0.25) is 4.79 Å². The summed E-state index contributed by atoms with van der Waals surface area (Å²) in [7, 11) is 0. The molecule has 1 aromatic rings. The standard InChI is InChI=1S/C19H26N2O3/c1-18(16(22)23)10-11-21(14-18)17(24)20-13-19(8-5-9-19)12-15-6-3-2-4-7-15/h2-4,6-7H,5,8-14H2,1H3,(H,20,24)(H,22,23). The Morgan fingerprint density at radius 3 is 2.46 bits per heavy atom. The first kappa shape index (κ1) is 16.8. The van der Waals surface area contributed by atoms with E-state index in [4.69, 9.17) is 0 Å². The lowest BCUT2D eigenvalue weighted by molar-refractivity contribution is -0.147. The fraction of sp³-hybridized carbons (Fsp3) is 0.579. The Labute approximate surface area is 143 Å². The zero-order valence-electron chi connectivity index (χ0n) is 14.3. The summed E-state index contributed by atoms with van der Waals surface area (Å²) in [6, 6.07) is 10.3. The minimum atomic E-state index is -0.822. The Kier molecular flexibility index (Phi) is 4.52. The van der Waals surface area contributed by atoms with E-state index in [2.05, 4.69) is 29.6 Å². The second-order valence-electron chi connectivity index (χ2n) is 7.71. The van der Waals surface area contributed by atoms with Crippen molar-refractivity contribution in [1.82, 2.24) is 10.2 Å². The van der Waals surface area contributed by atoms with Crippen LogP contribution in [0, 0.1) is 10.8 Å². The Balaban J connectivity index is 1.55. The normalized spacial score (nSPS) is 25.1. The number of likely N-dealkylation sites (tertiary alicyclic amines) is 1. The minimum Gasteiger partial charge on any atom is -0.481 e. The zero-order chi connectivity index (χ0) is 17.2. The van der Waals surface area contributed by atoms with Gasteiger partial charge in [0.15, 0.2) is 0 Å². The molecule has 2 amide bonds. The average molecular weight is 330 g/mol. The maximum atomic E-state index is 12.4. The Hall–Kier alpha value is -2.04. The molecule has 1 saturated carbocycles. The Morgan fingerprint density at radius 1 is 1.21 bits per heavy atom. The predicted molar refractivity (Wildman–Crippen MR) is 91.8 cm³/mol. The Morgan fingerprint density at radius 2 is 1.92 bits per heavy atom. The van der Waals surface area contributed by atoms with E-state index >= 15 is 0 Å². The largest absolute Gasteiger partial charge is 0.481 e. The second kappa shape index (κ2) is 6.46. The summed E-state index contributed by atoms with van der Waals surface area (Å²) >= 11 is 0. The molecule has 24 heavy (non-hydrogen) atoms. The van der Waals surface area contributed by atoms with Gasteiger partial charge < -0.3 is 15.3 Å². The fourth-order valence-electron chi connectivity index (χ4n) is 3.81. The van der Waals surface area contributed by atoms with Gasteiger partial charge in [0, 0.05) is 19.6 Å². The maximum Gasteiger partial charge on any atom is 0.317 e. The van der Waals surface area contributed by atoms with Crippen LogP contribution in [0.15, 0.2) is 30.3 Å². The van der Waals surface area contributed by atoms with Gasteiger partial charge in [0.1, 0.15) is 0 Å². The van der Waals surface area contributed by atoms with E-state index in [1.54, 1.807) is 11.8 Å². The number of carboxylic acids is 1. The summed E-state index contributed by atoms with van der Waals surface area (Å²) in [6.45, 7) is 3.19. The van der Waals surface area contributed by atoms with Crippen LogP contribution in [-0.4, -0.2) is 41.6 Å². The third kappa shape index (κ3) is 3.40. The van der Waals surface area contributed by atoms with Crippen molar-refractivity contribution >= 4 is 12.0 Å². The van der Waals surface area contributed by atoms with Crippen LogP contribution < -0.4 is 5.32 Å². The molecule has 0 radical (unpaired) electrons. The first-order valence-electron chi connectivity index (χ1n) is 8.73. The van der Waals surface area contributed by atoms with E-state index in [1.807, 2.05) is 6.07 Å². The first-order valence-corrected chi connectivity index (χ1v) is 8.73. The van der Waals surface area contributed by atoms with Crippen molar-refractivity contribution in [3.05, 3.63) is 35.9 Å². The number of nitrogens with one attached hydrogen (secondary N) is 1. The summed E-state index contributed by atoms with van der Waals surface area (Å²) in [5.74, 6) is -0.822. The minimum absolute atomic E-state index is 0.126. The maximum absolute atomic E-state index is 12.4. The molecule has 1 aromatic carbocycles. The summed E-state index contributed by atoms with van der Waals surface area (Å²) in [5, 5.41) is 12.3. The van der Waals surface area contributed by atoms with Crippen molar-refractivity contribution in [2.45, 2.75) is 39.0 Å². The van der Waals surface area contributed by atoms with E-state index in [9.17, 15) is 14.7 Å². The average Bonchev–Trinajstić information content (AvgIpc) is 2.94. The highest BCUT2D eigenvalue weighted by atomic mass is 16.4. The fourth-order valence-corrected chi connectivity index (χ4v) is 3.81. The van der Waals surface area contributed by atoms with Gasteiger partial charge in [-0.25, -0.2) is 4.79 Å². The van der Waals surface area contributed by atoms with Crippen LogP contribution in [0.2, 0.25) is 0 Å². The summed E-state index contributed by atoms with van der Waals surface area (Å²) < 4.78 is 0. The van der Waals surface area contributed by atoms with E-state index in [0.29, 0.717) is 26.1 Å². The molecule has 130 valence electrons. The molecular weight excluding hydrogens is 304 g/mol. The topological polar surface area (TPSA) is 69.6 Å². The van der Waals surface area contributed by atoms with Crippen molar-refractivity contribution in [1.29, 1.82) is 0 Å². The molecule has 5 nitrogen and oxygen atoms in total. The molecule has 5 heteroatoms. The molecule has 1 aliphatic carbocycles. The second-order valence-corrected chi connectivity index (χ2v) is 7.71. The number of hydrogen-bond donors (Lipinski definition) is 2. The lowest BCUT2D eigenvalue weighted by atomic mass is 9.65. The molecule has 2 fully saturated rings. The van der Waals surface area contributed by atoms with E-state index in [1.165, 1.54) is 12.0 Å². The third-order valence-corrected chi connectivity index (χ3v) is 5.73. The van der Waals surface area contributed by atoms with Crippen LogP contribution in [0.1, 0.15) is 38.2 Å². The number of benzene rings is 1. The van der Waals surface area contributed by atoms with E-state index in [0.717, 1.165) is 19.3 Å². The summed E-state index contributed by atoms with van der Waals surface area (Å²) in [4.78, 5) is 25.4. The number of rotatable bonds is 5. The lowest BCUT2D eigenvalue weighted by Gasteiger charge is -2.42. The van der Waals surface area contributed by atoms with Crippen LogP contribution >= 0.6 is 0 Å². The molecule has 0 spiro atoms. The number of amides is 2. The van der Waals surface area contributed by atoms with Crippen molar-refractivity contribution in [2.75, 3.05) is 19.6 Å². The molecule has 1 atom stereocenters. The number of carboxylic acid groups (broad SMARTS) is 1. The number of carbonyl (C=O) groups excluding carboxylic acids is 1. The molecule has 3 rings (SSSR count). The lowest BCUT2D eigenvalue weighted by Crippen LogP contribution is -2.48. The molecule has 1 saturated heterocycles. The summed E-state index contributed by atoms with van der Waals surface area (Å²) in [6.07, 6.45) is 4.99. The monoisotopic (exact) mass is 330 g/mol. The molecule has 2 N–H and O–H groups in total. The molecule has 1 unspecified atom stereocenters. The van der Waals surface area contributed by atoms with Gasteiger partial charge in [0.2, 0.25) is 0 Å². The van der Waals surface area contributed by atoms with Gasteiger partial charge in [0.05, 0.1) is 5.41 Å². The van der Waals surface area contributed by atoms with Crippen molar-refractivity contribution in [3.8, 4) is 0 Å². The van der Waals surface area contributed by atoms with Crippen LogP contribution in [0.5, 0.6) is 0 Å². The highest BCUT2D eigenvalue weighted by Crippen LogP contribution is 2.43. The van der Waals surface area contributed by atoms with Gasteiger partial charge in [-0.05, 0) is 43.6 Å². The molecule has 0 bridgehead atoms.